The van der Waals surface area contributed by atoms with Gasteiger partial charge in [-0.1, -0.05) is 12.1 Å². The largest absolute Gasteiger partial charge is 0.488 e. The Morgan fingerprint density at radius 1 is 1.19 bits per heavy atom. The van der Waals surface area contributed by atoms with Crippen molar-refractivity contribution in [3.05, 3.63) is 29.8 Å². The van der Waals surface area contributed by atoms with E-state index >= 15 is 0 Å². The second-order valence-electron chi connectivity index (χ2n) is 5.47. The lowest BCUT2D eigenvalue weighted by molar-refractivity contribution is 0.131. The minimum atomic E-state index is -0.115. The molecule has 0 amide bonds. The number of ether oxygens (including phenoxy) is 1. The van der Waals surface area contributed by atoms with Gasteiger partial charge in [0.25, 0.3) is 0 Å². The number of hydrogen-bond acceptors (Lipinski definition) is 2. The Kier molecular flexibility index (Phi) is 3.20. The second-order valence-corrected chi connectivity index (χ2v) is 5.47. The fourth-order valence-electron chi connectivity index (χ4n) is 2.10. The summed E-state index contributed by atoms with van der Waals surface area (Å²) in [6.45, 7) is 8.47. The van der Waals surface area contributed by atoms with Crippen LogP contribution in [0.2, 0.25) is 0 Å². The van der Waals surface area contributed by atoms with Crippen molar-refractivity contribution in [3.8, 4) is 5.75 Å². The molecule has 1 saturated heterocycles. The lowest BCUT2D eigenvalue weighted by Crippen LogP contribution is -2.22. The molecular formula is C14H21NO. The molecule has 1 heterocycles. The summed E-state index contributed by atoms with van der Waals surface area (Å²) in [5, 5.41) is 3.39. The summed E-state index contributed by atoms with van der Waals surface area (Å²) < 4.78 is 5.80. The molecule has 1 fully saturated rings. The number of nitrogens with one attached hydrogen (secondary N) is 1. The number of rotatable bonds is 2. The summed E-state index contributed by atoms with van der Waals surface area (Å²) in [5.74, 6) is 1.64. The minimum absolute atomic E-state index is 0.115. The third kappa shape index (κ3) is 2.99. The van der Waals surface area contributed by atoms with E-state index in [0.717, 1.165) is 18.8 Å². The standard InChI is InChI=1S/C14H21NO/c1-14(2,3)16-13-6-4-11(5-7-13)12-8-9-15-10-12/h4-7,12,15H,8-10H2,1-3H3. The number of benzene rings is 1. The molecule has 88 valence electrons. The van der Waals surface area contributed by atoms with E-state index in [1.54, 1.807) is 0 Å². The average Bonchev–Trinajstić information content (AvgIpc) is 2.69. The van der Waals surface area contributed by atoms with E-state index < -0.39 is 0 Å². The first-order valence-corrected chi connectivity index (χ1v) is 6.04. The van der Waals surface area contributed by atoms with Crippen molar-refractivity contribution in [2.45, 2.75) is 38.7 Å². The third-order valence-electron chi connectivity index (χ3n) is 2.84. The zero-order valence-corrected chi connectivity index (χ0v) is 10.4. The van der Waals surface area contributed by atoms with Gasteiger partial charge in [-0.3, -0.25) is 0 Å². The molecule has 1 aliphatic rings. The molecule has 1 aromatic carbocycles. The Hall–Kier alpha value is -1.02. The first-order chi connectivity index (χ1) is 7.54. The Morgan fingerprint density at radius 3 is 2.38 bits per heavy atom. The zero-order chi connectivity index (χ0) is 11.6. The maximum Gasteiger partial charge on any atom is 0.120 e. The molecule has 0 aromatic heterocycles. The van der Waals surface area contributed by atoms with Crippen molar-refractivity contribution < 1.29 is 4.74 Å². The Bertz CT molecular complexity index is 331. The van der Waals surface area contributed by atoms with E-state index in [9.17, 15) is 0 Å². The van der Waals surface area contributed by atoms with E-state index in [1.807, 2.05) is 0 Å². The van der Waals surface area contributed by atoms with Crippen molar-refractivity contribution in [1.82, 2.24) is 5.32 Å². The topological polar surface area (TPSA) is 21.3 Å². The lowest BCUT2D eigenvalue weighted by atomic mass is 9.98. The predicted octanol–water partition coefficient (Wildman–Crippen LogP) is 2.94. The van der Waals surface area contributed by atoms with Gasteiger partial charge in [0.15, 0.2) is 0 Å². The summed E-state index contributed by atoms with van der Waals surface area (Å²) in [6.07, 6.45) is 1.25. The minimum Gasteiger partial charge on any atom is -0.488 e. The Balaban J connectivity index is 2.04. The van der Waals surface area contributed by atoms with Gasteiger partial charge in [0.05, 0.1) is 0 Å². The van der Waals surface area contributed by atoms with E-state index in [0.29, 0.717) is 5.92 Å². The van der Waals surface area contributed by atoms with Crippen molar-refractivity contribution in [2.24, 2.45) is 0 Å². The summed E-state index contributed by atoms with van der Waals surface area (Å²) >= 11 is 0. The van der Waals surface area contributed by atoms with Gasteiger partial charge < -0.3 is 10.1 Å². The molecule has 2 rings (SSSR count). The summed E-state index contributed by atoms with van der Waals surface area (Å²) in [7, 11) is 0. The normalized spacial score (nSPS) is 21.1. The van der Waals surface area contributed by atoms with Gasteiger partial charge in [0, 0.05) is 6.54 Å². The highest BCUT2D eigenvalue weighted by Crippen LogP contribution is 2.25. The van der Waals surface area contributed by atoms with Crippen LogP contribution in [-0.4, -0.2) is 18.7 Å². The summed E-state index contributed by atoms with van der Waals surface area (Å²) in [5.41, 5.74) is 1.31. The molecule has 1 atom stereocenters. The van der Waals surface area contributed by atoms with Crippen LogP contribution in [0, 0.1) is 0 Å². The van der Waals surface area contributed by atoms with Gasteiger partial charge in [-0.25, -0.2) is 0 Å². The van der Waals surface area contributed by atoms with Crippen molar-refractivity contribution in [3.63, 3.8) is 0 Å². The number of hydrogen-bond donors (Lipinski definition) is 1. The Morgan fingerprint density at radius 2 is 1.88 bits per heavy atom. The van der Waals surface area contributed by atoms with Crippen LogP contribution in [0.1, 0.15) is 38.7 Å². The van der Waals surface area contributed by atoms with Gasteiger partial charge in [-0.05, 0) is 57.4 Å². The summed E-state index contributed by atoms with van der Waals surface area (Å²) in [4.78, 5) is 0. The van der Waals surface area contributed by atoms with Crippen LogP contribution in [0.4, 0.5) is 0 Å². The van der Waals surface area contributed by atoms with Crippen LogP contribution < -0.4 is 10.1 Å². The highest BCUT2D eigenvalue weighted by Gasteiger charge is 2.17. The first-order valence-electron chi connectivity index (χ1n) is 6.04. The molecule has 0 spiro atoms. The molecule has 0 aliphatic carbocycles. The smallest absolute Gasteiger partial charge is 0.120 e. The fourth-order valence-corrected chi connectivity index (χ4v) is 2.10. The average molecular weight is 219 g/mol. The van der Waals surface area contributed by atoms with Crippen LogP contribution >= 0.6 is 0 Å². The molecule has 0 saturated carbocycles. The molecule has 1 aromatic rings. The predicted molar refractivity (Wildman–Crippen MR) is 67.1 cm³/mol. The maximum absolute atomic E-state index is 5.80. The van der Waals surface area contributed by atoms with E-state index in [4.69, 9.17) is 4.74 Å². The molecule has 1 aliphatic heterocycles. The SMILES string of the molecule is CC(C)(C)Oc1ccc(C2CCNC2)cc1. The zero-order valence-electron chi connectivity index (χ0n) is 10.4. The van der Waals surface area contributed by atoms with Crippen LogP contribution in [-0.2, 0) is 0 Å². The highest BCUT2D eigenvalue weighted by atomic mass is 16.5. The van der Waals surface area contributed by atoms with Crippen LogP contribution in [0.3, 0.4) is 0 Å². The second kappa shape index (κ2) is 4.46. The monoisotopic (exact) mass is 219 g/mol. The quantitative estimate of drug-likeness (QED) is 0.825. The fraction of sp³-hybridized carbons (Fsp3) is 0.571. The van der Waals surface area contributed by atoms with E-state index in [-0.39, 0.29) is 5.60 Å². The van der Waals surface area contributed by atoms with Crippen molar-refractivity contribution in [1.29, 1.82) is 0 Å². The van der Waals surface area contributed by atoms with E-state index in [2.05, 4.69) is 50.4 Å². The van der Waals surface area contributed by atoms with Gasteiger partial charge in [-0.2, -0.15) is 0 Å². The molecule has 0 bridgehead atoms. The summed E-state index contributed by atoms with van der Waals surface area (Å²) in [6, 6.07) is 8.55. The van der Waals surface area contributed by atoms with Gasteiger partial charge >= 0.3 is 0 Å². The van der Waals surface area contributed by atoms with Gasteiger partial charge in [0.2, 0.25) is 0 Å². The highest BCUT2D eigenvalue weighted by molar-refractivity contribution is 5.30. The first kappa shape index (κ1) is 11.5. The third-order valence-corrected chi connectivity index (χ3v) is 2.84. The molecule has 1 N–H and O–H groups in total. The molecule has 2 nitrogen and oxygen atoms in total. The molecule has 16 heavy (non-hydrogen) atoms. The Labute approximate surface area is 98.0 Å². The van der Waals surface area contributed by atoms with Crippen molar-refractivity contribution in [2.75, 3.05) is 13.1 Å². The van der Waals surface area contributed by atoms with Crippen molar-refractivity contribution >= 4 is 0 Å². The molecular weight excluding hydrogens is 198 g/mol. The maximum atomic E-state index is 5.80. The van der Waals surface area contributed by atoms with Gasteiger partial charge in [-0.15, -0.1) is 0 Å². The van der Waals surface area contributed by atoms with E-state index in [1.165, 1.54) is 12.0 Å². The van der Waals surface area contributed by atoms with Crippen LogP contribution in [0.5, 0.6) is 5.75 Å². The molecule has 2 heteroatoms. The van der Waals surface area contributed by atoms with Crippen LogP contribution in [0.25, 0.3) is 0 Å². The molecule has 0 radical (unpaired) electrons. The van der Waals surface area contributed by atoms with Crippen LogP contribution in [0.15, 0.2) is 24.3 Å². The molecule has 1 unspecified atom stereocenters. The lowest BCUT2D eigenvalue weighted by Gasteiger charge is -2.21. The van der Waals surface area contributed by atoms with Gasteiger partial charge in [0.1, 0.15) is 11.4 Å².